The molecule has 0 spiro atoms. The second kappa shape index (κ2) is 7.90. The Morgan fingerprint density at radius 3 is 2.55 bits per heavy atom. The Labute approximate surface area is 124 Å². The highest BCUT2D eigenvalue weighted by molar-refractivity contribution is 6.31. The Kier molecular flexibility index (Phi) is 6.52. The molecule has 1 rings (SSSR count). The molecule has 1 amide bonds. The maximum absolute atomic E-state index is 12.2. The van der Waals surface area contributed by atoms with Crippen molar-refractivity contribution in [2.75, 3.05) is 6.54 Å². The molecule has 20 heavy (non-hydrogen) atoms. The highest BCUT2D eigenvalue weighted by Gasteiger charge is 2.20. The van der Waals surface area contributed by atoms with Gasteiger partial charge in [0.15, 0.2) is 0 Å². The van der Waals surface area contributed by atoms with Crippen molar-refractivity contribution in [3.8, 4) is 0 Å². The number of nitrogens with zero attached hydrogens (tertiary/aromatic N) is 1. The van der Waals surface area contributed by atoms with E-state index in [4.69, 9.17) is 16.7 Å². The Balaban J connectivity index is 2.60. The smallest absolute Gasteiger partial charge is 0.305 e. The first-order chi connectivity index (χ1) is 9.45. The summed E-state index contributed by atoms with van der Waals surface area (Å²) in [5, 5.41) is 9.45. The minimum Gasteiger partial charge on any atom is -0.481 e. The second-order valence-electron chi connectivity index (χ2n) is 4.72. The number of carboxylic acids is 1. The van der Waals surface area contributed by atoms with E-state index in [9.17, 15) is 9.59 Å². The predicted octanol–water partition coefficient (Wildman–Crippen LogP) is 2.98. The zero-order valence-corrected chi connectivity index (χ0v) is 12.6. The van der Waals surface area contributed by atoms with Crippen molar-refractivity contribution in [1.29, 1.82) is 0 Å². The lowest BCUT2D eigenvalue weighted by Gasteiger charge is -2.27. The Morgan fingerprint density at radius 2 is 2.00 bits per heavy atom. The predicted molar refractivity (Wildman–Crippen MR) is 78.9 cm³/mol. The molecular formula is C15H20ClNO3. The average molecular weight is 298 g/mol. The molecule has 0 aliphatic heterocycles. The van der Waals surface area contributed by atoms with Crippen molar-refractivity contribution in [3.05, 3.63) is 34.9 Å². The van der Waals surface area contributed by atoms with E-state index >= 15 is 0 Å². The molecule has 0 fully saturated rings. The zero-order valence-electron chi connectivity index (χ0n) is 11.8. The van der Waals surface area contributed by atoms with Crippen LogP contribution < -0.4 is 0 Å². The molecule has 0 aliphatic rings. The van der Waals surface area contributed by atoms with Gasteiger partial charge in [0.25, 0.3) is 0 Å². The normalized spacial score (nSPS) is 11.9. The van der Waals surface area contributed by atoms with Crippen LogP contribution in [0, 0.1) is 0 Å². The van der Waals surface area contributed by atoms with Gasteiger partial charge in [-0.3, -0.25) is 9.59 Å². The van der Waals surface area contributed by atoms with Crippen LogP contribution in [0.15, 0.2) is 24.3 Å². The summed E-state index contributed by atoms with van der Waals surface area (Å²) in [6.07, 6.45) is 0.863. The van der Waals surface area contributed by atoms with E-state index in [2.05, 4.69) is 0 Å². The highest BCUT2D eigenvalue weighted by Crippen LogP contribution is 2.17. The Hall–Kier alpha value is -1.55. The summed E-state index contributed by atoms with van der Waals surface area (Å²) in [6.45, 7) is 4.12. The van der Waals surface area contributed by atoms with Crippen LogP contribution in [-0.4, -0.2) is 34.5 Å². The maximum atomic E-state index is 12.2. The van der Waals surface area contributed by atoms with Crippen LogP contribution in [0.5, 0.6) is 0 Å². The summed E-state index contributed by atoms with van der Waals surface area (Å²) < 4.78 is 0. The lowest BCUT2D eigenvalue weighted by molar-refractivity contribution is -0.140. The zero-order chi connectivity index (χ0) is 15.1. The number of hydrogen-bond donors (Lipinski definition) is 1. The summed E-state index contributed by atoms with van der Waals surface area (Å²) in [4.78, 5) is 24.5. The van der Waals surface area contributed by atoms with Crippen molar-refractivity contribution in [2.24, 2.45) is 0 Å². The number of halogens is 1. The monoisotopic (exact) mass is 297 g/mol. The number of carbonyl (C=O) groups is 2. The molecule has 1 aromatic carbocycles. The van der Waals surface area contributed by atoms with E-state index in [0.717, 1.165) is 5.56 Å². The standard InChI is InChI=1S/C15H20ClNO3/c1-3-17(11(2)10-15(19)20)14(18)9-8-12-6-4-5-7-13(12)16/h4-7,11H,3,8-10H2,1-2H3,(H,19,20). The summed E-state index contributed by atoms with van der Waals surface area (Å²) in [5.74, 6) is -0.934. The molecule has 5 heteroatoms. The van der Waals surface area contributed by atoms with Crippen LogP contribution >= 0.6 is 11.6 Å². The summed E-state index contributed by atoms with van der Waals surface area (Å²) in [7, 11) is 0. The Morgan fingerprint density at radius 1 is 1.35 bits per heavy atom. The van der Waals surface area contributed by atoms with Gasteiger partial charge in [-0.1, -0.05) is 29.8 Å². The summed E-state index contributed by atoms with van der Waals surface area (Å²) >= 11 is 6.05. The third-order valence-electron chi connectivity index (χ3n) is 3.23. The van der Waals surface area contributed by atoms with Gasteiger partial charge in [-0.05, 0) is 31.9 Å². The minimum absolute atomic E-state index is 0.0360. The molecule has 1 N–H and O–H groups in total. The molecule has 0 aliphatic carbocycles. The van der Waals surface area contributed by atoms with E-state index < -0.39 is 5.97 Å². The number of rotatable bonds is 7. The molecule has 1 aromatic rings. The molecule has 1 atom stereocenters. The summed E-state index contributed by atoms with van der Waals surface area (Å²) in [5.41, 5.74) is 0.935. The van der Waals surface area contributed by atoms with Crippen LogP contribution in [0.2, 0.25) is 5.02 Å². The van der Waals surface area contributed by atoms with Crippen LogP contribution in [0.4, 0.5) is 0 Å². The molecule has 0 heterocycles. The van der Waals surface area contributed by atoms with Crippen LogP contribution in [0.25, 0.3) is 0 Å². The molecule has 110 valence electrons. The van der Waals surface area contributed by atoms with Gasteiger partial charge in [0.05, 0.1) is 6.42 Å². The largest absolute Gasteiger partial charge is 0.481 e. The Bertz CT molecular complexity index is 476. The third kappa shape index (κ3) is 4.85. The number of benzene rings is 1. The van der Waals surface area contributed by atoms with Crippen molar-refractivity contribution in [2.45, 2.75) is 39.2 Å². The van der Waals surface area contributed by atoms with Gasteiger partial charge in [-0.25, -0.2) is 0 Å². The quantitative estimate of drug-likeness (QED) is 0.842. The van der Waals surface area contributed by atoms with E-state index in [1.165, 1.54) is 0 Å². The fourth-order valence-corrected chi connectivity index (χ4v) is 2.41. The molecule has 1 unspecified atom stereocenters. The van der Waals surface area contributed by atoms with E-state index in [0.29, 0.717) is 24.4 Å². The van der Waals surface area contributed by atoms with E-state index in [1.807, 2.05) is 25.1 Å². The minimum atomic E-state index is -0.894. The molecular weight excluding hydrogens is 278 g/mol. The van der Waals surface area contributed by atoms with Gasteiger partial charge >= 0.3 is 5.97 Å². The van der Waals surface area contributed by atoms with Crippen molar-refractivity contribution in [3.63, 3.8) is 0 Å². The number of carboxylic acid groups (broad SMARTS) is 1. The van der Waals surface area contributed by atoms with Crippen LogP contribution in [0.3, 0.4) is 0 Å². The first kappa shape index (κ1) is 16.5. The number of amides is 1. The van der Waals surface area contributed by atoms with Crippen molar-refractivity contribution >= 4 is 23.5 Å². The van der Waals surface area contributed by atoms with Gasteiger partial charge in [0, 0.05) is 24.0 Å². The van der Waals surface area contributed by atoms with Gasteiger partial charge in [-0.15, -0.1) is 0 Å². The molecule has 0 bridgehead atoms. The first-order valence-corrected chi connectivity index (χ1v) is 7.08. The molecule has 0 saturated heterocycles. The van der Waals surface area contributed by atoms with Crippen LogP contribution in [-0.2, 0) is 16.0 Å². The van der Waals surface area contributed by atoms with Crippen LogP contribution in [0.1, 0.15) is 32.3 Å². The molecule has 0 aromatic heterocycles. The van der Waals surface area contributed by atoms with E-state index in [1.54, 1.807) is 17.9 Å². The summed E-state index contributed by atoms with van der Waals surface area (Å²) in [6, 6.07) is 7.13. The van der Waals surface area contributed by atoms with Gasteiger partial charge in [0.2, 0.25) is 5.91 Å². The topological polar surface area (TPSA) is 57.6 Å². The second-order valence-corrected chi connectivity index (χ2v) is 5.13. The molecule has 0 saturated carbocycles. The first-order valence-electron chi connectivity index (χ1n) is 6.70. The van der Waals surface area contributed by atoms with Crippen molar-refractivity contribution in [1.82, 2.24) is 4.90 Å². The molecule has 4 nitrogen and oxygen atoms in total. The van der Waals surface area contributed by atoms with Gasteiger partial charge in [-0.2, -0.15) is 0 Å². The molecule has 0 radical (unpaired) electrons. The van der Waals surface area contributed by atoms with Gasteiger partial charge in [0.1, 0.15) is 0 Å². The maximum Gasteiger partial charge on any atom is 0.305 e. The highest BCUT2D eigenvalue weighted by atomic mass is 35.5. The number of aliphatic carboxylic acids is 1. The number of hydrogen-bond acceptors (Lipinski definition) is 2. The number of aryl methyl sites for hydroxylation is 1. The van der Waals surface area contributed by atoms with E-state index in [-0.39, 0.29) is 18.4 Å². The lowest BCUT2D eigenvalue weighted by Crippen LogP contribution is -2.39. The third-order valence-corrected chi connectivity index (χ3v) is 3.60. The van der Waals surface area contributed by atoms with Crippen molar-refractivity contribution < 1.29 is 14.7 Å². The fourth-order valence-electron chi connectivity index (χ4n) is 2.18. The average Bonchev–Trinajstić information content (AvgIpc) is 2.37. The lowest BCUT2D eigenvalue weighted by atomic mass is 10.1. The van der Waals surface area contributed by atoms with Gasteiger partial charge < -0.3 is 10.0 Å². The number of carbonyl (C=O) groups excluding carboxylic acids is 1. The fraction of sp³-hybridized carbons (Fsp3) is 0.467. The SMILES string of the molecule is CCN(C(=O)CCc1ccccc1Cl)C(C)CC(=O)O.